The molecule has 22 heavy (non-hydrogen) atoms. The van der Waals surface area contributed by atoms with Gasteiger partial charge in [0.2, 0.25) is 0 Å². The highest BCUT2D eigenvalue weighted by Gasteiger charge is 2.32. The van der Waals surface area contributed by atoms with E-state index in [9.17, 15) is 4.79 Å². The second kappa shape index (κ2) is 6.96. The molecule has 5 nitrogen and oxygen atoms in total. The van der Waals surface area contributed by atoms with Crippen molar-refractivity contribution in [1.82, 2.24) is 19.8 Å². The fourth-order valence-electron chi connectivity index (χ4n) is 2.85. The first-order chi connectivity index (χ1) is 10.8. The molecule has 1 aliphatic heterocycles. The molecule has 0 saturated carbocycles. The van der Waals surface area contributed by atoms with Crippen LogP contribution in [0.15, 0.2) is 42.9 Å². The Morgan fingerprint density at radius 2 is 2.27 bits per heavy atom. The van der Waals surface area contributed by atoms with Gasteiger partial charge in [0.05, 0.1) is 0 Å². The molecule has 1 atom stereocenters. The third-order valence-corrected chi connectivity index (χ3v) is 4.45. The van der Waals surface area contributed by atoms with Crippen LogP contribution in [0, 0.1) is 0 Å². The molecule has 0 saturated heterocycles. The largest absolute Gasteiger partial charge is 0.348 e. The lowest BCUT2D eigenvalue weighted by atomic mass is 10.0. The normalized spacial score (nSPS) is 17.1. The van der Waals surface area contributed by atoms with Gasteiger partial charge in [-0.05, 0) is 30.2 Å². The molecular weight excluding hydrogens is 344 g/mol. The van der Waals surface area contributed by atoms with Gasteiger partial charge in [-0.1, -0.05) is 22.0 Å². The maximum atomic E-state index is 12.6. The number of carbonyl (C=O) groups is 1. The SMILES string of the molecule is O=C(NCCCBr)N1CCn2cccc2[C@H]1c1cccnc1. The van der Waals surface area contributed by atoms with Crippen LogP contribution < -0.4 is 5.32 Å². The molecule has 2 aromatic heterocycles. The average Bonchev–Trinajstić information content (AvgIpc) is 3.03. The van der Waals surface area contributed by atoms with E-state index in [1.165, 1.54) is 0 Å². The fourth-order valence-corrected chi connectivity index (χ4v) is 3.13. The molecule has 116 valence electrons. The van der Waals surface area contributed by atoms with Gasteiger partial charge < -0.3 is 14.8 Å². The van der Waals surface area contributed by atoms with Crippen molar-refractivity contribution in [3.05, 3.63) is 54.1 Å². The second-order valence-corrected chi connectivity index (χ2v) is 6.08. The highest BCUT2D eigenvalue weighted by molar-refractivity contribution is 9.09. The lowest BCUT2D eigenvalue weighted by molar-refractivity contribution is 0.168. The van der Waals surface area contributed by atoms with Crippen molar-refractivity contribution in [3.8, 4) is 0 Å². The topological polar surface area (TPSA) is 50.2 Å². The Hall–Kier alpha value is -1.82. The summed E-state index contributed by atoms with van der Waals surface area (Å²) in [6.07, 6.45) is 6.59. The molecule has 0 radical (unpaired) electrons. The summed E-state index contributed by atoms with van der Waals surface area (Å²) in [5.74, 6) is 0. The summed E-state index contributed by atoms with van der Waals surface area (Å²) in [6.45, 7) is 2.20. The van der Waals surface area contributed by atoms with Gasteiger partial charge in [-0.2, -0.15) is 0 Å². The summed E-state index contributed by atoms with van der Waals surface area (Å²) in [6, 6.07) is 7.96. The molecule has 2 aromatic rings. The highest BCUT2D eigenvalue weighted by atomic mass is 79.9. The van der Waals surface area contributed by atoms with E-state index in [1.807, 2.05) is 29.3 Å². The number of alkyl halides is 1. The van der Waals surface area contributed by atoms with Gasteiger partial charge in [0.1, 0.15) is 6.04 Å². The van der Waals surface area contributed by atoms with E-state index in [4.69, 9.17) is 0 Å². The second-order valence-electron chi connectivity index (χ2n) is 5.28. The Bertz CT molecular complexity index is 628. The Labute approximate surface area is 138 Å². The first-order valence-electron chi connectivity index (χ1n) is 7.46. The first kappa shape index (κ1) is 15.1. The number of rotatable bonds is 4. The maximum Gasteiger partial charge on any atom is 0.318 e. The first-order valence-corrected chi connectivity index (χ1v) is 8.59. The number of pyridine rings is 1. The van der Waals surface area contributed by atoms with Crippen LogP contribution in [0.5, 0.6) is 0 Å². The van der Waals surface area contributed by atoms with Gasteiger partial charge in [-0.3, -0.25) is 4.98 Å². The van der Waals surface area contributed by atoms with Crippen molar-refractivity contribution in [3.63, 3.8) is 0 Å². The van der Waals surface area contributed by atoms with E-state index in [0.29, 0.717) is 13.1 Å². The quantitative estimate of drug-likeness (QED) is 0.671. The van der Waals surface area contributed by atoms with Gasteiger partial charge in [0.15, 0.2) is 0 Å². The summed E-state index contributed by atoms with van der Waals surface area (Å²) in [5, 5.41) is 3.89. The summed E-state index contributed by atoms with van der Waals surface area (Å²) >= 11 is 3.38. The van der Waals surface area contributed by atoms with Crippen molar-refractivity contribution in [2.75, 3.05) is 18.4 Å². The molecule has 0 aliphatic carbocycles. The molecule has 1 aliphatic rings. The Morgan fingerprint density at radius 3 is 3.05 bits per heavy atom. The van der Waals surface area contributed by atoms with Crippen LogP contribution in [0.25, 0.3) is 0 Å². The van der Waals surface area contributed by atoms with Gasteiger partial charge in [0, 0.05) is 49.2 Å². The van der Waals surface area contributed by atoms with Crippen LogP contribution in [0.2, 0.25) is 0 Å². The molecule has 0 unspecified atom stereocenters. The molecule has 2 amide bonds. The minimum absolute atomic E-state index is 0.0118. The zero-order valence-electron chi connectivity index (χ0n) is 12.3. The van der Waals surface area contributed by atoms with Gasteiger partial charge in [0.25, 0.3) is 0 Å². The van der Waals surface area contributed by atoms with Crippen LogP contribution in [-0.4, -0.2) is 38.9 Å². The van der Waals surface area contributed by atoms with Crippen molar-refractivity contribution < 1.29 is 4.79 Å². The van der Waals surface area contributed by atoms with E-state index in [1.54, 1.807) is 6.20 Å². The molecule has 1 N–H and O–H groups in total. The number of nitrogens with one attached hydrogen (secondary N) is 1. The lowest BCUT2D eigenvalue weighted by Gasteiger charge is -2.37. The summed E-state index contributed by atoms with van der Waals surface area (Å²) in [4.78, 5) is 18.7. The van der Waals surface area contributed by atoms with Gasteiger partial charge >= 0.3 is 6.03 Å². The number of aromatic nitrogens is 2. The van der Waals surface area contributed by atoms with Crippen LogP contribution in [0.1, 0.15) is 23.7 Å². The Morgan fingerprint density at radius 1 is 1.36 bits per heavy atom. The smallest absolute Gasteiger partial charge is 0.318 e. The number of hydrogen-bond acceptors (Lipinski definition) is 2. The number of urea groups is 1. The monoisotopic (exact) mass is 362 g/mol. The Kier molecular flexibility index (Phi) is 4.77. The highest BCUT2D eigenvalue weighted by Crippen LogP contribution is 2.31. The number of amides is 2. The van der Waals surface area contributed by atoms with Crippen LogP contribution in [0.4, 0.5) is 4.79 Å². The van der Waals surface area contributed by atoms with E-state index in [0.717, 1.165) is 29.6 Å². The minimum atomic E-state index is -0.0820. The van der Waals surface area contributed by atoms with E-state index >= 15 is 0 Å². The zero-order valence-corrected chi connectivity index (χ0v) is 13.9. The molecule has 3 rings (SSSR count). The summed E-state index contributed by atoms with van der Waals surface area (Å²) in [7, 11) is 0. The maximum absolute atomic E-state index is 12.6. The average molecular weight is 363 g/mol. The minimum Gasteiger partial charge on any atom is -0.348 e. The molecule has 3 heterocycles. The third-order valence-electron chi connectivity index (χ3n) is 3.89. The van der Waals surface area contributed by atoms with E-state index < -0.39 is 0 Å². The van der Waals surface area contributed by atoms with Crippen molar-refractivity contribution in [2.24, 2.45) is 0 Å². The lowest BCUT2D eigenvalue weighted by Crippen LogP contribution is -2.47. The molecular formula is C16H19BrN4O. The predicted octanol–water partition coefficient (Wildman–Crippen LogP) is 2.78. The number of carbonyl (C=O) groups excluding carboxylic acids is 1. The number of hydrogen-bond donors (Lipinski definition) is 1. The van der Waals surface area contributed by atoms with Crippen molar-refractivity contribution in [2.45, 2.75) is 19.0 Å². The number of halogens is 1. The zero-order chi connectivity index (χ0) is 15.4. The van der Waals surface area contributed by atoms with Crippen molar-refractivity contribution >= 4 is 22.0 Å². The van der Waals surface area contributed by atoms with Crippen LogP contribution in [0.3, 0.4) is 0 Å². The molecule has 0 fully saturated rings. The number of fused-ring (bicyclic) bond motifs is 1. The molecule has 0 spiro atoms. The van der Waals surface area contributed by atoms with E-state index in [2.05, 4.69) is 43.1 Å². The van der Waals surface area contributed by atoms with Crippen molar-refractivity contribution in [1.29, 1.82) is 0 Å². The third kappa shape index (κ3) is 3.02. The predicted molar refractivity (Wildman–Crippen MR) is 89.0 cm³/mol. The van der Waals surface area contributed by atoms with Gasteiger partial charge in [-0.15, -0.1) is 0 Å². The summed E-state index contributed by atoms with van der Waals surface area (Å²) < 4.78 is 2.21. The number of nitrogens with zero attached hydrogens (tertiary/aromatic N) is 3. The molecule has 0 aromatic carbocycles. The Balaban J connectivity index is 1.87. The molecule has 6 heteroatoms. The van der Waals surface area contributed by atoms with E-state index in [-0.39, 0.29) is 12.1 Å². The van der Waals surface area contributed by atoms with Crippen LogP contribution >= 0.6 is 15.9 Å². The molecule has 0 bridgehead atoms. The summed E-state index contributed by atoms with van der Waals surface area (Å²) in [5.41, 5.74) is 2.17. The van der Waals surface area contributed by atoms with Gasteiger partial charge in [-0.25, -0.2) is 4.79 Å². The van der Waals surface area contributed by atoms with Crippen LogP contribution in [-0.2, 0) is 6.54 Å². The standard InChI is InChI=1S/C16H19BrN4O/c17-6-3-8-19-16(22)21-11-10-20-9-2-5-14(20)15(21)13-4-1-7-18-12-13/h1-2,4-5,7,9,12,15H,3,6,8,10-11H2,(H,19,22)/t15-/m1/s1. The fraction of sp³-hybridized carbons (Fsp3) is 0.375.